The second kappa shape index (κ2) is 10.7. The van der Waals surface area contributed by atoms with Crippen LogP contribution in [0.4, 0.5) is 5.69 Å². The van der Waals surface area contributed by atoms with Gasteiger partial charge in [-0.1, -0.05) is 70.8 Å². The first-order valence-electron chi connectivity index (χ1n) is 10.8. The first-order chi connectivity index (χ1) is 16.9. The van der Waals surface area contributed by atoms with Crippen molar-refractivity contribution in [3.8, 4) is 11.3 Å². The molecule has 0 aliphatic heterocycles. The van der Waals surface area contributed by atoms with Gasteiger partial charge in [-0.2, -0.15) is 0 Å². The van der Waals surface area contributed by atoms with Crippen molar-refractivity contribution in [2.24, 2.45) is 5.73 Å². The van der Waals surface area contributed by atoms with Crippen molar-refractivity contribution < 1.29 is 14.1 Å². The minimum atomic E-state index is -0.437. The van der Waals surface area contributed by atoms with E-state index < -0.39 is 5.91 Å². The topological polar surface area (TPSA) is 110 Å². The summed E-state index contributed by atoms with van der Waals surface area (Å²) >= 11 is 12.6. The van der Waals surface area contributed by atoms with E-state index in [1.165, 1.54) is 6.07 Å². The summed E-state index contributed by atoms with van der Waals surface area (Å²) in [6.07, 6.45) is 0. The lowest BCUT2D eigenvalue weighted by Crippen LogP contribution is -2.23. The first kappa shape index (κ1) is 24.5. The van der Waals surface area contributed by atoms with Gasteiger partial charge in [-0.3, -0.25) is 9.59 Å². The van der Waals surface area contributed by atoms with Gasteiger partial charge in [-0.25, -0.2) is 0 Å². The van der Waals surface area contributed by atoms with Crippen LogP contribution in [0.15, 0.2) is 71.3 Å². The Morgan fingerprint density at radius 2 is 1.66 bits per heavy atom. The third-order valence-electron chi connectivity index (χ3n) is 5.40. The number of nitrogens with one attached hydrogen (secondary N) is 2. The zero-order valence-corrected chi connectivity index (χ0v) is 20.3. The maximum Gasteiger partial charge on any atom is 0.261 e. The number of aryl methyl sites for hydroxylation is 1. The van der Waals surface area contributed by atoms with Crippen molar-refractivity contribution in [2.75, 3.05) is 5.32 Å². The Bertz CT molecular complexity index is 1380. The van der Waals surface area contributed by atoms with Crippen LogP contribution in [0.2, 0.25) is 10.0 Å². The van der Waals surface area contributed by atoms with E-state index in [0.717, 1.165) is 11.1 Å². The molecule has 0 fully saturated rings. The highest BCUT2D eigenvalue weighted by Gasteiger charge is 2.23. The van der Waals surface area contributed by atoms with E-state index >= 15 is 0 Å². The lowest BCUT2D eigenvalue weighted by atomic mass is 10.1. The fourth-order valence-electron chi connectivity index (χ4n) is 3.52. The summed E-state index contributed by atoms with van der Waals surface area (Å²) in [7, 11) is 0. The molecule has 0 bridgehead atoms. The number of benzene rings is 3. The van der Waals surface area contributed by atoms with E-state index in [4.69, 9.17) is 33.5 Å². The van der Waals surface area contributed by atoms with Crippen LogP contribution < -0.4 is 16.4 Å². The number of amides is 2. The zero-order chi connectivity index (χ0) is 24.9. The van der Waals surface area contributed by atoms with Gasteiger partial charge in [0.25, 0.3) is 11.8 Å². The molecule has 35 heavy (non-hydrogen) atoms. The van der Waals surface area contributed by atoms with E-state index in [9.17, 15) is 9.59 Å². The van der Waals surface area contributed by atoms with Crippen LogP contribution in [0, 0.1) is 6.92 Å². The molecule has 0 spiro atoms. The van der Waals surface area contributed by atoms with E-state index in [1.54, 1.807) is 43.3 Å². The molecule has 7 nitrogen and oxygen atoms in total. The second-order valence-electron chi connectivity index (χ2n) is 7.79. The standard InChI is InChI=1S/C26H22Cl2N4O3/c1-15-23(24(32-35-15)19-4-2-3-5-21(19)27)26(34)31-18-10-11-20(22(28)12-18)25(33)30-14-17-8-6-16(13-29)7-9-17/h2-12H,13-14,29H2,1H3,(H,30,33)(H,31,34). The van der Waals surface area contributed by atoms with Gasteiger partial charge in [0, 0.05) is 24.3 Å². The highest BCUT2D eigenvalue weighted by molar-refractivity contribution is 6.34. The summed E-state index contributed by atoms with van der Waals surface area (Å²) < 4.78 is 5.26. The monoisotopic (exact) mass is 508 g/mol. The predicted molar refractivity (Wildman–Crippen MR) is 137 cm³/mol. The number of carbonyl (C=O) groups is 2. The van der Waals surface area contributed by atoms with E-state index in [2.05, 4.69) is 15.8 Å². The maximum atomic E-state index is 13.1. The maximum absolute atomic E-state index is 13.1. The molecular formula is C26H22Cl2N4O3. The van der Waals surface area contributed by atoms with Gasteiger partial charge < -0.3 is 20.9 Å². The van der Waals surface area contributed by atoms with Crippen molar-refractivity contribution >= 4 is 40.7 Å². The number of halogens is 2. The summed E-state index contributed by atoms with van der Waals surface area (Å²) in [4.78, 5) is 25.7. The summed E-state index contributed by atoms with van der Waals surface area (Å²) in [6.45, 7) is 2.45. The molecule has 1 aromatic heterocycles. The minimum Gasteiger partial charge on any atom is -0.360 e. The molecule has 4 rings (SSSR count). The van der Waals surface area contributed by atoms with Crippen LogP contribution in [0.3, 0.4) is 0 Å². The molecule has 0 atom stereocenters. The van der Waals surface area contributed by atoms with Crippen molar-refractivity contribution in [1.82, 2.24) is 10.5 Å². The Hall–Kier alpha value is -3.65. The Morgan fingerprint density at radius 3 is 2.34 bits per heavy atom. The molecule has 3 aromatic carbocycles. The van der Waals surface area contributed by atoms with Gasteiger partial charge in [0.1, 0.15) is 17.0 Å². The number of carbonyl (C=O) groups excluding carboxylic acids is 2. The lowest BCUT2D eigenvalue weighted by Gasteiger charge is -2.10. The largest absolute Gasteiger partial charge is 0.360 e. The van der Waals surface area contributed by atoms with Crippen molar-refractivity contribution in [1.29, 1.82) is 0 Å². The number of hydrogen-bond acceptors (Lipinski definition) is 5. The van der Waals surface area contributed by atoms with E-state index in [1.807, 2.05) is 24.3 Å². The average molecular weight is 509 g/mol. The average Bonchev–Trinajstić information content (AvgIpc) is 3.24. The quantitative estimate of drug-likeness (QED) is 0.301. The van der Waals surface area contributed by atoms with Crippen molar-refractivity contribution in [3.05, 3.63) is 105 Å². The van der Waals surface area contributed by atoms with Gasteiger partial charge in [0.2, 0.25) is 0 Å². The van der Waals surface area contributed by atoms with E-state index in [-0.39, 0.29) is 16.5 Å². The molecule has 0 aliphatic rings. The normalized spacial score (nSPS) is 10.7. The molecule has 0 aliphatic carbocycles. The molecule has 2 amide bonds. The molecule has 0 saturated carbocycles. The number of nitrogens with zero attached hydrogens (tertiary/aromatic N) is 1. The molecule has 0 radical (unpaired) electrons. The Kier molecular flexibility index (Phi) is 7.51. The fourth-order valence-corrected chi connectivity index (χ4v) is 4.01. The molecule has 178 valence electrons. The Morgan fingerprint density at radius 1 is 0.943 bits per heavy atom. The van der Waals surface area contributed by atoms with Crippen LogP contribution in [-0.4, -0.2) is 17.0 Å². The molecule has 9 heteroatoms. The summed E-state index contributed by atoms with van der Waals surface area (Å²) in [6, 6.07) is 19.4. The zero-order valence-electron chi connectivity index (χ0n) is 18.8. The minimum absolute atomic E-state index is 0.201. The molecule has 4 aromatic rings. The lowest BCUT2D eigenvalue weighted by molar-refractivity contribution is 0.0950. The molecule has 0 unspecified atom stereocenters. The third kappa shape index (κ3) is 5.54. The second-order valence-corrected chi connectivity index (χ2v) is 8.61. The van der Waals surface area contributed by atoms with Crippen LogP contribution >= 0.6 is 23.2 Å². The predicted octanol–water partition coefficient (Wildman–Crippen LogP) is 5.60. The number of anilines is 1. The van der Waals surface area contributed by atoms with Gasteiger partial charge >= 0.3 is 0 Å². The van der Waals surface area contributed by atoms with Crippen LogP contribution in [0.25, 0.3) is 11.3 Å². The number of aromatic nitrogens is 1. The highest BCUT2D eigenvalue weighted by atomic mass is 35.5. The smallest absolute Gasteiger partial charge is 0.261 e. The Labute approximate surface area is 212 Å². The van der Waals surface area contributed by atoms with E-state index in [0.29, 0.717) is 46.4 Å². The summed E-state index contributed by atoms with van der Waals surface area (Å²) in [5.41, 5.74) is 9.45. The van der Waals surface area contributed by atoms with Gasteiger partial charge in [-0.05, 0) is 42.3 Å². The summed E-state index contributed by atoms with van der Waals surface area (Å²) in [5.74, 6) is -0.418. The Balaban J connectivity index is 1.46. The first-order valence-corrected chi connectivity index (χ1v) is 11.5. The van der Waals surface area contributed by atoms with Crippen LogP contribution in [0.5, 0.6) is 0 Å². The van der Waals surface area contributed by atoms with Gasteiger partial charge in [0.15, 0.2) is 0 Å². The third-order valence-corrected chi connectivity index (χ3v) is 6.04. The molecule has 4 N–H and O–H groups in total. The molecule has 1 heterocycles. The fraction of sp³-hybridized carbons (Fsp3) is 0.115. The van der Waals surface area contributed by atoms with Gasteiger partial charge in [-0.15, -0.1) is 0 Å². The molecular weight excluding hydrogens is 487 g/mol. The van der Waals surface area contributed by atoms with Crippen LogP contribution in [-0.2, 0) is 13.1 Å². The number of rotatable bonds is 7. The SMILES string of the molecule is Cc1onc(-c2ccccc2Cl)c1C(=O)Nc1ccc(C(=O)NCc2ccc(CN)cc2)c(Cl)c1. The van der Waals surface area contributed by atoms with Gasteiger partial charge in [0.05, 0.1) is 15.6 Å². The molecule has 0 saturated heterocycles. The van der Waals surface area contributed by atoms with Crippen molar-refractivity contribution in [2.45, 2.75) is 20.0 Å². The van der Waals surface area contributed by atoms with Crippen molar-refractivity contribution in [3.63, 3.8) is 0 Å². The number of hydrogen-bond donors (Lipinski definition) is 3. The van der Waals surface area contributed by atoms with Crippen LogP contribution in [0.1, 0.15) is 37.6 Å². The number of nitrogens with two attached hydrogens (primary N) is 1. The highest BCUT2D eigenvalue weighted by Crippen LogP contribution is 2.31. The summed E-state index contributed by atoms with van der Waals surface area (Å²) in [5, 5.41) is 10.3.